The van der Waals surface area contributed by atoms with Crippen molar-refractivity contribution in [2.75, 3.05) is 0 Å². The fourth-order valence-electron chi connectivity index (χ4n) is 6.88. The van der Waals surface area contributed by atoms with Gasteiger partial charge in [-0.25, -0.2) is 0 Å². The first kappa shape index (κ1) is 16.2. The average Bonchev–Trinajstić information content (AvgIpc) is 2.91. The Morgan fingerprint density at radius 2 is 2.04 bits per heavy atom. The smallest absolute Gasteiger partial charge is 0.185 e. The molecule has 130 valence electrons. The SMILES string of the molecule is CC[C@H]1CC[C@H]2[C@@H]3C=CC4=CC(=O)C(=CO)C[C@]4(C)[C@H]3CC[C@]12C. The average molecular weight is 326 g/mol. The van der Waals surface area contributed by atoms with Gasteiger partial charge < -0.3 is 5.11 Å². The van der Waals surface area contributed by atoms with Crippen LogP contribution in [0, 0.1) is 34.5 Å². The summed E-state index contributed by atoms with van der Waals surface area (Å²) in [6, 6.07) is 0. The molecule has 24 heavy (non-hydrogen) atoms. The molecule has 0 aliphatic heterocycles. The molecule has 6 atom stereocenters. The zero-order chi connectivity index (χ0) is 17.1. The van der Waals surface area contributed by atoms with Crippen molar-refractivity contribution in [2.45, 2.75) is 59.3 Å². The highest BCUT2D eigenvalue weighted by atomic mass is 16.2. The summed E-state index contributed by atoms with van der Waals surface area (Å²) in [6.45, 7) is 7.22. The van der Waals surface area contributed by atoms with Crippen molar-refractivity contribution >= 4 is 5.78 Å². The summed E-state index contributed by atoms with van der Waals surface area (Å²) in [5.41, 5.74) is 2.28. The number of carbonyl (C=O) groups excluding carboxylic acids is 1. The maximum absolute atomic E-state index is 12.2. The first-order valence-electron chi connectivity index (χ1n) is 9.72. The second-order valence-corrected chi connectivity index (χ2v) is 9.09. The van der Waals surface area contributed by atoms with Gasteiger partial charge in [-0.1, -0.05) is 39.3 Å². The topological polar surface area (TPSA) is 37.3 Å². The molecule has 4 aliphatic rings. The zero-order valence-corrected chi connectivity index (χ0v) is 15.2. The molecule has 0 heterocycles. The Balaban J connectivity index is 1.74. The summed E-state index contributed by atoms with van der Waals surface area (Å²) in [5.74, 6) is 2.89. The van der Waals surface area contributed by atoms with E-state index in [0.717, 1.165) is 18.1 Å². The minimum absolute atomic E-state index is 0.00746. The molecular weight excluding hydrogens is 296 g/mol. The molecule has 0 amide bonds. The van der Waals surface area contributed by atoms with Crippen LogP contribution >= 0.6 is 0 Å². The van der Waals surface area contributed by atoms with Crippen molar-refractivity contribution in [3.63, 3.8) is 0 Å². The van der Waals surface area contributed by atoms with E-state index in [9.17, 15) is 9.90 Å². The van der Waals surface area contributed by atoms with Gasteiger partial charge in [-0.2, -0.15) is 0 Å². The van der Waals surface area contributed by atoms with E-state index in [2.05, 4.69) is 32.9 Å². The van der Waals surface area contributed by atoms with Crippen LogP contribution in [0.2, 0.25) is 0 Å². The highest BCUT2D eigenvalue weighted by molar-refractivity contribution is 6.05. The fourth-order valence-corrected chi connectivity index (χ4v) is 6.88. The summed E-state index contributed by atoms with van der Waals surface area (Å²) in [5, 5.41) is 9.49. The van der Waals surface area contributed by atoms with Gasteiger partial charge in [0.2, 0.25) is 0 Å². The summed E-state index contributed by atoms with van der Waals surface area (Å²) < 4.78 is 0. The van der Waals surface area contributed by atoms with Crippen LogP contribution in [0.1, 0.15) is 59.3 Å². The molecule has 0 aromatic rings. The maximum atomic E-state index is 12.2. The molecule has 2 fully saturated rings. The number of carbonyl (C=O) groups is 1. The van der Waals surface area contributed by atoms with Crippen LogP contribution < -0.4 is 0 Å². The number of rotatable bonds is 1. The number of fused-ring (bicyclic) bond motifs is 5. The molecule has 2 nitrogen and oxygen atoms in total. The lowest BCUT2D eigenvalue weighted by Gasteiger charge is -2.56. The second-order valence-electron chi connectivity index (χ2n) is 9.09. The Labute approximate surface area is 145 Å². The predicted molar refractivity (Wildman–Crippen MR) is 96.5 cm³/mol. The van der Waals surface area contributed by atoms with E-state index in [-0.39, 0.29) is 11.2 Å². The molecule has 0 spiro atoms. The van der Waals surface area contributed by atoms with Gasteiger partial charge >= 0.3 is 0 Å². The van der Waals surface area contributed by atoms with Crippen LogP contribution in [0.15, 0.2) is 35.6 Å². The lowest BCUT2D eigenvalue weighted by Crippen LogP contribution is -2.49. The van der Waals surface area contributed by atoms with Crippen molar-refractivity contribution in [3.8, 4) is 0 Å². The Kier molecular flexibility index (Phi) is 3.60. The number of hydrogen-bond acceptors (Lipinski definition) is 2. The molecule has 2 heteroatoms. The fraction of sp³-hybridized carbons (Fsp3) is 0.682. The van der Waals surface area contributed by atoms with E-state index in [1.807, 2.05) is 0 Å². The molecule has 2 saturated carbocycles. The van der Waals surface area contributed by atoms with Crippen LogP contribution in [0.5, 0.6) is 0 Å². The summed E-state index contributed by atoms with van der Waals surface area (Å²) in [6.07, 6.45) is 14.8. The molecule has 0 unspecified atom stereocenters. The van der Waals surface area contributed by atoms with Gasteiger partial charge in [-0.15, -0.1) is 0 Å². The Morgan fingerprint density at radius 1 is 1.25 bits per heavy atom. The van der Waals surface area contributed by atoms with E-state index >= 15 is 0 Å². The largest absolute Gasteiger partial charge is 0.515 e. The number of hydrogen-bond donors (Lipinski definition) is 1. The first-order chi connectivity index (χ1) is 11.4. The first-order valence-corrected chi connectivity index (χ1v) is 9.72. The molecule has 0 aromatic carbocycles. The van der Waals surface area contributed by atoms with Gasteiger partial charge in [0.25, 0.3) is 0 Å². The van der Waals surface area contributed by atoms with Crippen LogP contribution in [0.4, 0.5) is 0 Å². The lowest BCUT2D eigenvalue weighted by atomic mass is 9.48. The molecule has 4 aliphatic carbocycles. The Hall–Kier alpha value is -1.31. The maximum Gasteiger partial charge on any atom is 0.185 e. The minimum Gasteiger partial charge on any atom is -0.515 e. The van der Waals surface area contributed by atoms with Crippen molar-refractivity contribution in [3.05, 3.63) is 35.6 Å². The quantitative estimate of drug-likeness (QED) is 0.519. The normalized spacial score (nSPS) is 48.7. The minimum atomic E-state index is -0.0133. The number of ketones is 1. The second kappa shape index (κ2) is 5.34. The van der Waals surface area contributed by atoms with Gasteiger partial charge in [0.1, 0.15) is 0 Å². The summed E-state index contributed by atoms with van der Waals surface area (Å²) in [4.78, 5) is 12.2. The molecule has 0 radical (unpaired) electrons. The third-order valence-corrected chi connectivity index (χ3v) is 8.31. The molecular formula is C22H30O2. The molecule has 0 aromatic heterocycles. The predicted octanol–water partition coefficient (Wildman–Crippen LogP) is 5.37. The highest BCUT2D eigenvalue weighted by Gasteiger charge is 2.57. The summed E-state index contributed by atoms with van der Waals surface area (Å²) >= 11 is 0. The standard InChI is InChI=1S/C22H30O2/c1-4-15-6-8-18-17-7-5-16-11-20(24)14(13-23)12-22(16,3)19(17)9-10-21(15,18)2/h5,7,11,13,15,17-19,23H,4,6,8-10,12H2,1-3H3/t15-,17-,18-,19-,21+,22-/m0/s1. The third-order valence-electron chi connectivity index (χ3n) is 8.31. The number of aliphatic hydroxyl groups is 1. The van der Waals surface area contributed by atoms with Gasteiger partial charge in [0.15, 0.2) is 5.78 Å². The van der Waals surface area contributed by atoms with Gasteiger partial charge in [-0.05, 0) is 72.8 Å². The van der Waals surface area contributed by atoms with Crippen molar-refractivity contribution in [1.29, 1.82) is 0 Å². The number of allylic oxidation sites excluding steroid dienone is 5. The third kappa shape index (κ3) is 1.98. The number of aliphatic hydroxyl groups excluding tert-OH is 1. The van der Waals surface area contributed by atoms with Crippen molar-refractivity contribution in [2.24, 2.45) is 34.5 Å². The van der Waals surface area contributed by atoms with Gasteiger partial charge in [-0.3, -0.25) is 4.79 Å². The van der Waals surface area contributed by atoms with Crippen LogP contribution in [0.25, 0.3) is 0 Å². The van der Waals surface area contributed by atoms with Gasteiger partial charge in [0, 0.05) is 11.0 Å². The van der Waals surface area contributed by atoms with E-state index in [1.54, 1.807) is 6.08 Å². The van der Waals surface area contributed by atoms with Crippen LogP contribution in [-0.2, 0) is 4.79 Å². The molecule has 0 saturated heterocycles. The van der Waals surface area contributed by atoms with E-state index in [4.69, 9.17) is 0 Å². The molecule has 0 bridgehead atoms. The van der Waals surface area contributed by atoms with Crippen molar-refractivity contribution in [1.82, 2.24) is 0 Å². The van der Waals surface area contributed by atoms with Crippen LogP contribution in [-0.4, -0.2) is 10.9 Å². The molecule has 1 N–H and O–H groups in total. The van der Waals surface area contributed by atoms with E-state index in [0.29, 0.717) is 29.2 Å². The highest BCUT2D eigenvalue weighted by Crippen LogP contribution is 2.65. The molecule has 4 rings (SSSR count). The summed E-state index contributed by atoms with van der Waals surface area (Å²) in [7, 11) is 0. The van der Waals surface area contributed by atoms with E-state index in [1.165, 1.54) is 37.7 Å². The monoisotopic (exact) mass is 326 g/mol. The van der Waals surface area contributed by atoms with Crippen molar-refractivity contribution < 1.29 is 9.90 Å². The van der Waals surface area contributed by atoms with Crippen LogP contribution in [0.3, 0.4) is 0 Å². The van der Waals surface area contributed by atoms with Gasteiger partial charge in [0.05, 0.1) is 6.26 Å². The van der Waals surface area contributed by atoms with E-state index < -0.39 is 0 Å². The zero-order valence-electron chi connectivity index (χ0n) is 15.2. The Bertz CT molecular complexity index is 655. The Morgan fingerprint density at radius 3 is 2.75 bits per heavy atom. The lowest BCUT2D eigenvalue weighted by molar-refractivity contribution is -0.112.